The number of amides is 1. The Bertz CT molecular complexity index is 756. The van der Waals surface area contributed by atoms with Gasteiger partial charge in [0.2, 0.25) is 5.91 Å². The number of carbonyl (C=O) groups is 1. The summed E-state index contributed by atoms with van der Waals surface area (Å²) in [6.45, 7) is 9.98. The number of hydrogen-bond acceptors (Lipinski definition) is 4. The number of rotatable bonds is 8. The summed E-state index contributed by atoms with van der Waals surface area (Å²) in [7, 11) is 3.48. The van der Waals surface area contributed by atoms with Gasteiger partial charge < -0.3 is 14.2 Å². The van der Waals surface area contributed by atoms with Crippen LogP contribution in [0.15, 0.2) is 29.4 Å². The van der Waals surface area contributed by atoms with Gasteiger partial charge in [0.1, 0.15) is 5.75 Å². The number of imidazole rings is 1. The summed E-state index contributed by atoms with van der Waals surface area (Å²) in [5.74, 6) is 1.81. The van der Waals surface area contributed by atoms with Gasteiger partial charge >= 0.3 is 0 Å². The second-order valence-corrected chi connectivity index (χ2v) is 7.90. The molecule has 0 aliphatic carbocycles. The lowest BCUT2D eigenvalue weighted by molar-refractivity contribution is -0.127. The van der Waals surface area contributed by atoms with Crippen LogP contribution in [0.1, 0.15) is 30.8 Å². The van der Waals surface area contributed by atoms with Crippen LogP contribution in [0.5, 0.6) is 5.75 Å². The van der Waals surface area contributed by atoms with Gasteiger partial charge in [0.05, 0.1) is 18.6 Å². The first kappa shape index (κ1) is 20.4. The highest BCUT2D eigenvalue weighted by molar-refractivity contribution is 7.99. The van der Waals surface area contributed by atoms with Crippen LogP contribution in [0.4, 0.5) is 0 Å². The molecule has 5 nitrogen and oxygen atoms in total. The van der Waals surface area contributed by atoms with Crippen molar-refractivity contribution in [3.8, 4) is 5.75 Å². The molecule has 2 aromatic rings. The minimum Gasteiger partial charge on any atom is -0.497 e. The molecule has 26 heavy (non-hydrogen) atoms. The largest absolute Gasteiger partial charge is 0.497 e. The summed E-state index contributed by atoms with van der Waals surface area (Å²) >= 11 is 1.51. The first-order valence-electron chi connectivity index (χ1n) is 8.85. The van der Waals surface area contributed by atoms with Gasteiger partial charge in [-0.2, -0.15) is 0 Å². The van der Waals surface area contributed by atoms with E-state index in [0.29, 0.717) is 18.2 Å². The van der Waals surface area contributed by atoms with Crippen molar-refractivity contribution < 1.29 is 9.53 Å². The molecule has 0 radical (unpaired) electrons. The molecule has 0 spiro atoms. The second-order valence-electron chi connectivity index (χ2n) is 6.96. The van der Waals surface area contributed by atoms with Crippen LogP contribution in [-0.2, 0) is 17.9 Å². The zero-order valence-corrected chi connectivity index (χ0v) is 17.4. The Morgan fingerprint density at radius 3 is 2.73 bits per heavy atom. The lowest BCUT2D eigenvalue weighted by Gasteiger charge is -2.18. The normalized spacial score (nSPS) is 11.0. The molecule has 0 saturated carbocycles. The minimum atomic E-state index is 0.0900. The number of nitrogens with zero attached hydrogens (tertiary/aromatic N) is 3. The predicted octanol–water partition coefficient (Wildman–Crippen LogP) is 3.92. The van der Waals surface area contributed by atoms with Crippen LogP contribution in [0.25, 0.3) is 0 Å². The van der Waals surface area contributed by atoms with E-state index in [1.54, 1.807) is 12.0 Å². The molecule has 0 aliphatic rings. The molecule has 0 aliphatic heterocycles. The van der Waals surface area contributed by atoms with E-state index >= 15 is 0 Å². The molecule has 0 fully saturated rings. The molecule has 0 N–H and O–H groups in total. The van der Waals surface area contributed by atoms with Crippen LogP contribution < -0.4 is 4.74 Å². The van der Waals surface area contributed by atoms with E-state index in [0.717, 1.165) is 28.7 Å². The Labute approximate surface area is 160 Å². The summed E-state index contributed by atoms with van der Waals surface area (Å²) in [5.41, 5.74) is 3.27. The predicted molar refractivity (Wildman–Crippen MR) is 107 cm³/mol. The number of ether oxygens (including phenoxy) is 1. The number of carbonyl (C=O) groups excluding carboxylic acids is 1. The van der Waals surface area contributed by atoms with E-state index < -0.39 is 0 Å². The molecule has 1 heterocycles. The monoisotopic (exact) mass is 375 g/mol. The minimum absolute atomic E-state index is 0.0900. The molecular formula is C20H29N3O2S. The molecule has 0 saturated heterocycles. The molecule has 0 atom stereocenters. The maximum atomic E-state index is 12.5. The first-order chi connectivity index (χ1) is 12.3. The van der Waals surface area contributed by atoms with Gasteiger partial charge in [0, 0.05) is 25.8 Å². The van der Waals surface area contributed by atoms with Gasteiger partial charge in [-0.15, -0.1) is 0 Å². The van der Waals surface area contributed by atoms with Crippen LogP contribution in [0.2, 0.25) is 0 Å². The zero-order chi connectivity index (χ0) is 19.3. The Kier molecular flexibility index (Phi) is 7.14. The van der Waals surface area contributed by atoms with Gasteiger partial charge in [-0.3, -0.25) is 4.79 Å². The van der Waals surface area contributed by atoms with Crippen LogP contribution in [0, 0.1) is 19.8 Å². The molecule has 1 amide bonds. The maximum absolute atomic E-state index is 12.5. The van der Waals surface area contributed by atoms with Crippen molar-refractivity contribution in [2.45, 2.75) is 45.9 Å². The molecule has 1 aromatic carbocycles. The number of thioether (sulfide) groups is 1. The van der Waals surface area contributed by atoms with Crippen molar-refractivity contribution in [3.05, 3.63) is 41.2 Å². The third kappa shape index (κ3) is 5.27. The number of aryl methyl sites for hydroxylation is 1. The van der Waals surface area contributed by atoms with Gasteiger partial charge in [-0.1, -0.05) is 37.7 Å². The Hall–Kier alpha value is -1.95. The lowest BCUT2D eigenvalue weighted by Crippen LogP contribution is -2.28. The molecule has 1 aromatic heterocycles. The highest BCUT2D eigenvalue weighted by atomic mass is 32.2. The fourth-order valence-corrected chi connectivity index (χ4v) is 3.72. The maximum Gasteiger partial charge on any atom is 0.233 e. The number of aromatic nitrogens is 2. The van der Waals surface area contributed by atoms with E-state index in [1.165, 1.54) is 17.5 Å². The van der Waals surface area contributed by atoms with Crippen molar-refractivity contribution in [3.63, 3.8) is 0 Å². The van der Waals surface area contributed by atoms with Gasteiger partial charge in [0.15, 0.2) is 5.16 Å². The number of benzene rings is 1. The quantitative estimate of drug-likeness (QED) is 0.656. The van der Waals surface area contributed by atoms with Gasteiger partial charge in [-0.25, -0.2) is 4.98 Å². The standard InChI is InChI=1S/C20H29N3O2S/c1-14(2)11-23-16(4)15(3)21-20(23)26-13-19(24)22(5)12-17-8-7-9-18(10-17)25-6/h7-10,14H,11-13H2,1-6H3. The molecular weight excluding hydrogens is 346 g/mol. The van der Waals surface area contributed by atoms with Crippen molar-refractivity contribution in [1.82, 2.24) is 14.5 Å². The Morgan fingerprint density at radius 1 is 1.35 bits per heavy atom. The van der Waals surface area contributed by atoms with Gasteiger partial charge in [-0.05, 0) is 37.5 Å². The van der Waals surface area contributed by atoms with Gasteiger partial charge in [0.25, 0.3) is 0 Å². The van der Waals surface area contributed by atoms with Crippen molar-refractivity contribution in [2.75, 3.05) is 19.9 Å². The van der Waals surface area contributed by atoms with Crippen molar-refractivity contribution in [2.24, 2.45) is 5.92 Å². The first-order valence-corrected chi connectivity index (χ1v) is 9.83. The van der Waals surface area contributed by atoms with Crippen LogP contribution in [-0.4, -0.2) is 40.3 Å². The summed E-state index contributed by atoms with van der Waals surface area (Å²) in [6, 6.07) is 7.80. The van der Waals surface area contributed by atoms with E-state index in [-0.39, 0.29) is 5.91 Å². The summed E-state index contributed by atoms with van der Waals surface area (Å²) in [5, 5.41) is 0.928. The van der Waals surface area contributed by atoms with Crippen molar-refractivity contribution >= 4 is 17.7 Å². The van der Waals surface area contributed by atoms with E-state index in [1.807, 2.05) is 38.2 Å². The number of hydrogen-bond donors (Lipinski definition) is 0. The average Bonchev–Trinajstić information content (AvgIpc) is 2.87. The van der Waals surface area contributed by atoms with E-state index in [9.17, 15) is 4.79 Å². The fourth-order valence-electron chi connectivity index (χ4n) is 2.68. The fraction of sp³-hybridized carbons (Fsp3) is 0.500. The molecule has 6 heteroatoms. The topological polar surface area (TPSA) is 47.4 Å². The highest BCUT2D eigenvalue weighted by Gasteiger charge is 2.16. The second kappa shape index (κ2) is 9.12. The highest BCUT2D eigenvalue weighted by Crippen LogP contribution is 2.23. The molecule has 2 rings (SSSR count). The number of methoxy groups -OCH3 is 1. The third-order valence-corrected chi connectivity index (χ3v) is 5.24. The van der Waals surface area contributed by atoms with E-state index in [2.05, 4.69) is 30.3 Å². The summed E-state index contributed by atoms with van der Waals surface area (Å²) in [6.07, 6.45) is 0. The Morgan fingerprint density at radius 2 is 2.08 bits per heavy atom. The SMILES string of the molecule is COc1cccc(CN(C)C(=O)CSc2nc(C)c(C)n2CC(C)C)c1. The average molecular weight is 376 g/mol. The molecule has 0 unspecified atom stereocenters. The van der Waals surface area contributed by atoms with E-state index in [4.69, 9.17) is 4.74 Å². The summed E-state index contributed by atoms with van der Waals surface area (Å²) in [4.78, 5) is 18.9. The van der Waals surface area contributed by atoms with Crippen LogP contribution >= 0.6 is 11.8 Å². The molecule has 0 bridgehead atoms. The third-order valence-electron chi connectivity index (χ3n) is 4.27. The smallest absolute Gasteiger partial charge is 0.233 e. The summed E-state index contributed by atoms with van der Waals surface area (Å²) < 4.78 is 7.46. The van der Waals surface area contributed by atoms with Crippen LogP contribution in [0.3, 0.4) is 0 Å². The molecule has 142 valence electrons. The Balaban J connectivity index is 1.98. The zero-order valence-electron chi connectivity index (χ0n) is 16.6. The lowest BCUT2D eigenvalue weighted by atomic mass is 10.2. The van der Waals surface area contributed by atoms with Crippen molar-refractivity contribution in [1.29, 1.82) is 0 Å².